The summed E-state index contributed by atoms with van der Waals surface area (Å²) in [7, 11) is 4.37. The summed E-state index contributed by atoms with van der Waals surface area (Å²) >= 11 is 2.86. The van der Waals surface area contributed by atoms with Gasteiger partial charge in [-0.25, -0.2) is 0 Å². The molecular weight excluding hydrogens is 448 g/mol. The van der Waals surface area contributed by atoms with E-state index < -0.39 is 4.25 Å². The normalized spacial score (nSPS) is 14.6. The third-order valence-electron chi connectivity index (χ3n) is 5.37. The average Bonchev–Trinajstić information content (AvgIpc) is 2.70. The van der Waals surface area contributed by atoms with Gasteiger partial charge in [0.05, 0.1) is 0 Å². The number of halogens is 1. The van der Waals surface area contributed by atoms with Gasteiger partial charge in [0.1, 0.15) is 0 Å². The van der Waals surface area contributed by atoms with Crippen LogP contribution in [0.25, 0.3) is 0 Å². The first-order valence-electron chi connectivity index (χ1n) is 9.03. The molecule has 3 aromatic carbocycles. The van der Waals surface area contributed by atoms with Gasteiger partial charge in [0.15, 0.2) is 0 Å². The van der Waals surface area contributed by atoms with Crippen molar-refractivity contribution in [2.24, 2.45) is 0 Å². The average molecular weight is 475 g/mol. The van der Waals surface area contributed by atoms with Gasteiger partial charge in [-0.1, -0.05) is 0 Å². The van der Waals surface area contributed by atoms with Crippen LogP contribution in [0.2, 0.25) is 0 Å². The van der Waals surface area contributed by atoms with E-state index in [9.17, 15) is 0 Å². The summed E-state index contributed by atoms with van der Waals surface area (Å²) in [6, 6.07) is 33.9. The van der Waals surface area contributed by atoms with Crippen LogP contribution in [0.15, 0.2) is 91.0 Å². The van der Waals surface area contributed by atoms with E-state index in [-0.39, 0.29) is 0 Å². The predicted octanol–water partition coefficient (Wildman–Crippen LogP) is 4.82. The van der Waals surface area contributed by atoms with Crippen LogP contribution in [0.4, 0.5) is 0 Å². The minimum atomic E-state index is -2.63. The molecule has 0 heterocycles. The molecule has 0 saturated carbocycles. The molecule has 0 aliphatic rings. The Morgan fingerprint density at radius 2 is 1.00 bits per heavy atom. The van der Waals surface area contributed by atoms with Gasteiger partial charge in [-0.15, -0.1) is 0 Å². The van der Waals surface area contributed by atoms with Crippen LogP contribution in [-0.2, 0) is 0 Å². The van der Waals surface area contributed by atoms with E-state index >= 15 is 0 Å². The molecule has 136 valence electrons. The Labute approximate surface area is 170 Å². The Hall–Kier alpha value is -1.22. The standard InChI is InChI=1S/C23H27INP/c1-20(25(2)3)19-26(24,21-13-7-4-8-14-21,22-15-9-5-10-16-22)23-17-11-6-12-18-23/h4-18,20H,19H2,1-3H3. The topological polar surface area (TPSA) is 3.24 Å². The zero-order valence-corrected chi connectivity index (χ0v) is 18.8. The summed E-state index contributed by atoms with van der Waals surface area (Å²) < 4.78 is -2.63. The summed E-state index contributed by atoms with van der Waals surface area (Å²) in [4.78, 5) is 2.34. The van der Waals surface area contributed by atoms with Crippen molar-refractivity contribution >= 4 is 42.2 Å². The molecule has 3 heteroatoms. The number of hydrogen-bond acceptors (Lipinski definition) is 1. The van der Waals surface area contributed by atoms with Gasteiger partial charge in [0, 0.05) is 0 Å². The van der Waals surface area contributed by atoms with E-state index in [4.69, 9.17) is 0 Å². The second kappa shape index (κ2) is 7.80. The zero-order valence-electron chi connectivity index (χ0n) is 15.7. The number of rotatable bonds is 6. The Balaban J connectivity index is 2.39. The van der Waals surface area contributed by atoms with Crippen LogP contribution in [-0.4, -0.2) is 31.2 Å². The number of nitrogens with zero attached hydrogens (tertiary/aromatic N) is 1. The van der Waals surface area contributed by atoms with Crippen molar-refractivity contribution in [3.63, 3.8) is 0 Å². The summed E-state index contributed by atoms with van der Waals surface area (Å²) in [5.74, 6) is 0. The predicted molar refractivity (Wildman–Crippen MR) is 127 cm³/mol. The first-order chi connectivity index (χ1) is 12.5. The molecule has 0 N–H and O–H groups in total. The van der Waals surface area contributed by atoms with E-state index in [0.717, 1.165) is 6.16 Å². The number of hydrogen-bond donors (Lipinski definition) is 0. The molecular formula is C23H27INP. The van der Waals surface area contributed by atoms with Gasteiger partial charge in [0.2, 0.25) is 0 Å². The number of benzene rings is 3. The molecule has 26 heavy (non-hydrogen) atoms. The van der Waals surface area contributed by atoms with Gasteiger partial charge in [-0.05, 0) is 0 Å². The molecule has 0 radical (unpaired) electrons. The molecule has 0 aromatic heterocycles. The molecule has 0 bridgehead atoms. The summed E-state index contributed by atoms with van der Waals surface area (Å²) in [5, 5.41) is 4.35. The van der Waals surface area contributed by atoms with E-state index in [2.05, 4.69) is 139 Å². The van der Waals surface area contributed by atoms with Crippen LogP contribution >= 0.6 is 26.3 Å². The third kappa shape index (κ3) is 3.35. The second-order valence-corrected chi connectivity index (χ2v) is 17.9. The fourth-order valence-corrected chi connectivity index (χ4v) is 13.5. The summed E-state index contributed by atoms with van der Waals surface area (Å²) in [6.45, 7) is 2.34. The first-order valence-corrected chi connectivity index (χ1v) is 14.2. The second-order valence-electron chi connectivity index (χ2n) is 7.18. The molecule has 1 nitrogen and oxygen atoms in total. The van der Waals surface area contributed by atoms with Gasteiger partial charge in [-0.3, -0.25) is 0 Å². The minimum absolute atomic E-state index is 0.463. The molecule has 3 rings (SSSR count). The molecule has 0 fully saturated rings. The van der Waals surface area contributed by atoms with Crippen molar-refractivity contribution in [2.75, 3.05) is 20.3 Å². The van der Waals surface area contributed by atoms with E-state index in [1.165, 1.54) is 15.9 Å². The molecule has 0 aliphatic carbocycles. The molecule has 0 amide bonds. The Morgan fingerprint density at radius 3 is 1.27 bits per heavy atom. The van der Waals surface area contributed by atoms with E-state index in [0.29, 0.717) is 6.04 Å². The van der Waals surface area contributed by atoms with Crippen molar-refractivity contribution in [3.05, 3.63) is 91.0 Å². The quantitative estimate of drug-likeness (QED) is 0.365. The molecule has 0 aliphatic heterocycles. The third-order valence-corrected chi connectivity index (χ3v) is 16.9. The van der Waals surface area contributed by atoms with Crippen LogP contribution in [0.5, 0.6) is 0 Å². The first kappa shape index (κ1) is 19.5. The fraction of sp³-hybridized carbons (Fsp3) is 0.217. The summed E-state index contributed by atoms with van der Waals surface area (Å²) in [5.41, 5.74) is 0. The molecule has 0 spiro atoms. The molecule has 3 aromatic rings. The maximum atomic E-state index is 2.86. The van der Waals surface area contributed by atoms with Crippen molar-refractivity contribution in [1.82, 2.24) is 4.90 Å². The molecule has 0 saturated heterocycles. The Kier molecular flexibility index (Phi) is 5.86. The monoisotopic (exact) mass is 475 g/mol. The summed E-state index contributed by atoms with van der Waals surface area (Å²) in [6.07, 6.45) is 1.11. The van der Waals surface area contributed by atoms with E-state index in [1.54, 1.807) is 0 Å². The molecule has 1 unspecified atom stereocenters. The van der Waals surface area contributed by atoms with Gasteiger partial charge in [-0.2, -0.15) is 0 Å². The zero-order chi connectivity index (χ0) is 18.6. The van der Waals surface area contributed by atoms with Crippen molar-refractivity contribution < 1.29 is 0 Å². The van der Waals surface area contributed by atoms with Crippen molar-refractivity contribution in [3.8, 4) is 0 Å². The fourth-order valence-electron chi connectivity index (χ4n) is 3.64. The van der Waals surface area contributed by atoms with Gasteiger partial charge >= 0.3 is 171 Å². The Morgan fingerprint density at radius 1 is 0.692 bits per heavy atom. The van der Waals surface area contributed by atoms with E-state index in [1.807, 2.05) is 0 Å². The van der Waals surface area contributed by atoms with Gasteiger partial charge < -0.3 is 0 Å². The van der Waals surface area contributed by atoms with Crippen LogP contribution in [0.1, 0.15) is 6.92 Å². The van der Waals surface area contributed by atoms with Crippen LogP contribution < -0.4 is 15.9 Å². The van der Waals surface area contributed by atoms with Crippen molar-refractivity contribution in [2.45, 2.75) is 13.0 Å². The molecule has 1 atom stereocenters. The van der Waals surface area contributed by atoms with Gasteiger partial charge in [0.25, 0.3) is 0 Å². The van der Waals surface area contributed by atoms with Crippen LogP contribution in [0.3, 0.4) is 0 Å². The Bertz CT molecular complexity index is 734. The SMILES string of the molecule is CC(CP(I)(c1ccccc1)(c1ccccc1)c1ccccc1)N(C)C. The maximum absolute atomic E-state index is 2.86. The van der Waals surface area contributed by atoms with Crippen molar-refractivity contribution in [1.29, 1.82) is 0 Å². The van der Waals surface area contributed by atoms with Crippen LogP contribution in [0, 0.1) is 0 Å².